The van der Waals surface area contributed by atoms with Crippen LogP contribution in [0.5, 0.6) is 0 Å². The summed E-state index contributed by atoms with van der Waals surface area (Å²) in [6, 6.07) is 7.29. The van der Waals surface area contributed by atoms with E-state index in [1.165, 1.54) is 22.2 Å². The molecule has 0 spiro atoms. The van der Waals surface area contributed by atoms with E-state index in [0.717, 1.165) is 16.7 Å². The topological polar surface area (TPSA) is 61.2 Å². The van der Waals surface area contributed by atoms with Gasteiger partial charge >= 0.3 is 5.97 Å². The second kappa shape index (κ2) is 6.57. The molecule has 24 heavy (non-hydrogen) atoms. The second-order valence-corrected chi connectivity index (χ2v) is 6.44. The average molecular weight is 342 g/mol. The molecule has 1 atom stereocenters. The molecule has 3 rings (SSSR count). The van der Waals surface area contributed by atoms with E-state index in [1.54, 1.807) is 13.8 Å². The van der Waals surface area contributed by atoms with Crippen molar-refractivity contribution in [1.82, 2.24) is 9.55 Å². The van der Waals surface area contributed by atoms with Gasteiger partial charge in [0.15, 0.2) is 0 Å². The van der Waals surface area contributed by atoms with Crippen molar-refractivity contribution in [2.24, 2.45) is 0 Å². The van der Waals surface area contributed by atoms with Gasteiger partial charge in [0.2, 0.25) is 0 Å². The Labute approximate surface area is 143 Å². The van der Waals surface area contributed by atoms with Gasteiger partial charge in [-0.1, -0.05) is 29.8 Å². The van der Waals surface area contributed by atoms with Gasteiger partial charge in [0.1, 0.15) is 10.9 Å². The number of aromatic nitrogens is 2. The van der Waals surface area contributed by atoms with Crippen molar-refractivity contribution in [3.8, 4) is 11.1 Å². The molecule has 0 bridgehead atoms. The molecule has 1 aromatic carbocycles. The number of hydrogen-bond donors (Lipinski definition) is 0. The lowest BCUT2D eigenvalue weighted by molar-refractivity contribution is -0.146. The summed E-state index contributed by atoms with van der Waals surface area (Å²) in [5.74, 6) is -0.437. The molecule has 0 amide bonds. The monoisotopic (exact) mass is 342 g/mol. The van der Waals surface area contributed by atoms with E-state index in [0.29, 0.717) is 10.2 Å². The van der Waals surface area contributed by atoms with Crippen LogP contribution in [0.25, 0.3) is 21.3 Å². The number of carbonyl (C=O) groups is 1. The van der Waals surface area contributed by atoms with Crippen LogP contribution in [0, 0.1) is 6.92 Å². The van der Waals surface area contributed by atoms with Gasteiger partial charge in [-0.3, -0.25) is 9.36 Å². The molecule has 2 heterocycles. The molecule has 0 fully saturated rings. The van der Waals surface area contributed by atoms with Crippen LogP contribution in [0.3, 0.4) is 0 Å². The van der Waals surface area contributed by atoms with E-state index in [4.69, 9.17) is 4.74 Å². The van der Waals surface area contributed by atoms with Gasteiger partial charge in [-0.25, -0.2) is 9.78 Å². The highest BCUT2D eigenvalue weighted by atomic mass is 32.1. The molecular formula is C18H18N2O3S. The summed E-state index contributed by atoms with van der Waals surface area (Å²) < 4.78 is 6.35. The zero-order valence-corrected chi connectivity index (χ0v) is 14.6. The standard InChI is InChI=1S/C18H18N2O3S/c1-4-23-18(22)12(3)20-10-19-16-15(17(20)21)14(9-24-16)13-7-5-11(2)6-8-13/h5-10,12H,4H2,1-3H3/t12-/m1/s1. The number of hydrogen-bond acceptors (Lipinski definition) is 5. The van der Waals surface area contributed by atoms with Gasteiger partial charge in [-0.15, -0.1) is 11.3 Å². The van der Waals surface area contributed by atoms with Crippen molar-refractivity contribution in [3.63, 3.8) is 0 Å². The third-order valence-electron chi connectivity index (χ3n) is 3.93. The Morgan fingerprint density at radius 2 is 2.04 bits per heavy atom. The number of fused-ring (bicyclic) bond motifs is 1. The number of rotatable bonds is 4. The fourth-order valence-electron chi connectivity index (χ4n) is 2.54. The van der Waals surface area contributed by atoms with Crippen molar-refractivity contribution in [1.29, 1.82) is 0 Å². The number of carbonyl (C=O) groups excluding carboxylic acids is 1. The lowest BCUT2D eigenvalue weighted by atomic mass is 10.1. The molecule has 3 aromatic rings. The van der Waals surface area contributed by atoms with E-state index in [9.17, 15) is 9.59 Å². The highest BCUT2D eigenvalue weighted by molar-refractivity contribution is 7.17. The van der Waals surface area contributed by atoms with Crippen LogP contribution in [0.1, 0.15) is 25.5 Å². The van der Waals surface area contributed by atoms with Crippen LogP contribution in [-0.4, -0.2) is 22.1 Å². The van der Waals surface area contributed by atoms with Crippen LogP contribution < -0.4 is 5.56 Å². The molecule has 0 saturated carbocycles. The number of benzene rings is 1. The Morgan fingerprint density at radius 3 is 2.71 bits per heavy atom. The molecule has 0 radical (unpaired) electrons. The summed E-state index contributed by atoms with van der Waals surface area (Å²) in [5.41, 5.74) is 2.74. The number of aryl methyl sites for hydroxylation is 1. The van der Waals surface area contributed by atoms with Crippen LogP contribution in [0.4, 0.5) is 0 Å². The van der Waals surface area contributed by atoms with E-state index >= 15 is 0 Å². The van der Waals surface area contributed by atoms with Crippen LogP contribution in [0.2, 0.25) is 0 Å². The van der Waals surface area contributed by atoms with Gasteiger partial charge < -0.3 is 4.74 Å². The lowest BCUT2D eigenvalue weighted by Crippen LogP contribution is -2.29. The number of ether oxygens (including phenoxy) is 1. The minimum absolute atomic E-state index is 0.225. The molecule has 6 heteroatoms. The summed E-state index contributed by atoms with van der Waals surface area (Å²) in [4.78, 5) is 29.9. The number of esters is 1. The SMILES string of the molecule is CCOC(=O)[C@@H](C)n1cnc2scc(-c3ccc(C)cc3)c2c1=O. The predicted molar refractivity (Wildman–Crippen MR) is 95.4 cm³/mol. The Hall–Kier alpha value is -2.47. The van der Waals surface area contributed by atoms with E-state index < -0.39 is 12.0 Å². The van der Waals surface area contributed by atoms with Gasteiger partial charge in [0.25, 0.3) is 5.56 Å². The van der Waals surface area contributed by atoms with Crippen molar-refractivity contribution in [3.05, 3.63) is 51.9 Å². The van der Waals surface area contributed by atoms with Crippen LogP contribution in [0.15, 0.2) is 40.8 Å². The average Bonchev–Trinajstić information content (AvgIpc) is 3.00. The van der Waals surface area contributed by atoms with Crippen molar-refractivity contribution >= 4 is 27.5 Å². The molecule has 124 valence electrons. The van der Waals surface area contributed by atoms with E-state index in [1.807, 2.05) is 36.6 Å². The summed E-state index contributed by atoms with van der Waals surface area (Å²) in [6.07, 6.45) is 1.42. The Balaban J connectivity index is 2.14. The first-order valence-corrected chi connectivity index (χ1v) is 8.63. The molecular weight excluding hydrogens is 324 g/mol. The molecule has 0 aliphatic carbocycles. The lowest BCUT2D eigenvalue weighted by Gasteiger charge is -2.13. The predicted octanol–water partition coefficient (Wildman–Crippen LogP) is 3.56. The molecule has 0 saturated heterocycles. The maximum Gasteiger partial charge on any atom is 0.328 e. The van der Waals surface area contributed by atoms with Crippen LogP contribution in [-0.2, 0) is 9.53 Å². The second-order valence-electron chi connectivity index (χ2n) is 5.58. The third kappa shape index (κ3) is 2.85. The maximum atomic E-state index is 12.9. The molecule has 0 N–H and O–H groups in total. The van der Waals surface area contributed by atoms with Crippen molar-refractivity contribution in [2.45, 2.75) is 26.8 Å². The summed E-state index contributed by atoms with van der Waals surface area (Å²) >= 11 is 1.43. The Bertz CT molecular complexity index is 941. The normalized spacial score (nSPS) is 12.3. The zero-order valence-electron chi connectivity index (χ0n) is 13.8. The molecule has 0 unspecified atom stereocenters. The Morgan fingerprint density at radius 1 is 1.33 bits per heavy atom. The summed E-state index contributed by atoms with van der Waals surface area (Å²) in [6.45, 7) is 5.68. The summed E-state index contributed by atoms with van der Waals surface area (Å²) in [7, 11) is 0. The quantitative estimate of drug-likeness (QED) is 0.680. The van der Waals surface area contributed by atoms with Crippen molar-refractivity contribution < 1.29 is 9.53 Å². The van der Waals surface area contributed by atoms with E-state index in [-0.39, 0.29) is 12.2 Å². The first kappa shape index (κ1) is 16.4. The largest absolute Gasteiger partial charge is 0.464 e. The van der Waals surface area contributed by atoms with Crippen LogP contribution >= 0.6 is 11.3 Å². The highest BCUT2D eigenvalue weighted by Crippen LogP contribution is 2.31. The minimum Gasteiger partial charge on any atom is -0.464 e. The third-order valence-corrected chi connectivity index (χ3v) is 4.81. The van der Waals surface area contributed by atoms with Gasteiger partial charge in [-0.2, -0.15) is 0 Å². The Kier molecular flexibility index (Phi) is 4.49. The van der Waals surface area contributed by atoms with E-state index in [2.05, 4.69) is 4.98 Å². The fourth-order valence-corrected chi connectivity index (χ4v) is 3.45. The molecule has 0 aliphatic rings. The highest BCUT2D eigenvalue weighted by Gasteiger charge is 2.20. The maximum absolute atomic E-state index is 12.9. The van der Waals surface area contributed by atoms with Gasteiger partial charge in [-0.05, 0) is 26.3 Å². The first-order valence-electron chi connectivity index (χ1n) is 7.75. The smallest absolute Gasteiger partial charge is 0.328 e. The van der Waals surface area contributed by atoms with Gasteiger partial charge in [0.05, 0.1) is 18.3 Å². The number of thiophene rings is 1. The zero-order chi connectivity index (χ0) is 17.3. The summed E-state index contributed by atoms with van der Waals surface area (Å²) in [5, 5.41) is 2.48. The minimum atomic E-state index is -0.708. The molecule has 0 aliphatic heterocycles. The molecule has 2 aromatic heterocycles. The van der Waals surface area contributed by atoms with Crippen molar-refractivity contribution in [2.75, 3.05) is 6.61 Å². The number of nitrogens with zero attached hydrogens (tertiary/aromatic N) is 2. The first-order chi connectivity index (χ1) is 11.5. The van der Waals surface area contributed by atoms with Gasteiger partial charge in [0, 0.05) is 10.9 Å². The molecule has 5 nitrogen and oxygen atoms in total. The fraction of sp³-hybridized carbons (Fsp3) is 0.278.